The fourth-order valence-electron chi connectivity index (χ4n) is 1.57. The molecule has 0 saturated heterocycles. The van der Waals surface area contributed by atoms with Gasteiger partial charge in [-0.05, 0) is 32.6 Å². The molecule has 0 aromatic rings. The number of nitrogens with zero attached hydrogens (tertiary/aromatic N) is 1. The molecule has 0 bridgehead atoms. The lowest BCUT2D eigenvalue weighted by molar-refractivity contribution is 0.315. The summed E-state index contributed by atoms with van der Waals surface area (Å²) in [5.41, 5.74) is 5.43. The Kier molecular flexibility index (Phi) is 7.13. The van der Waals surface area contributed by atoms with E-state index in [4.69, 9.17) is 10.9 Å². The number of hydrogen-bond donors (Lipinski definition) is 3. The minimum Gasteiger partial charge on any atom is -0.409 e. The first kappa shape index (κ1) is 14.2. The molecule has 0 rings (SSSR count). The maximum Gasteiger partial charge on any atom is 0.140 e. The van der Waals surface area contributed by atoms with Crippen molar-refractivity contribution in [1.29, 1.82) is 0 Å². The second-order valence-electron chi connectivity index (χ2n) is 4.74. The normalized spacial score (nSPS) is 16.7. The summed E-state index contributed by atoms with van der Waals surface area (Å²) in [5, 5.41) is 14.8. The third kappa shape index (κ3) is 8.24. The molecule has 0 aliphatic rings. The Hall–Kier alpha value is -0.770. The van der Waals surface area contributed by atoms with E-state index in [0.29, 0.717) is 12.5 Å². The van der Waals surface area contributed by atoms with Crippen molar-refractivity contribution in [2.75, 3.05) is 0 Å². The Bertz CT molecular complexity index is 192. The average molecular weight is 215 g/mol. The Morgan fingerprint density at radius 2 is 1.80 bits per heavy atom. The van der Waals surface area contributed by atoms with Crippen molar-refractivity contribution in [2.24, 2.45) is 16.8 Å². The van der Waals surface area contributed by atoms with E-state index in [0.717, 1.165) is 12.3 Å². The minimum atomic E-state index is 0.253. The van der Waals surface area contributed by atoms with E-state index in [1.807, 2.05) is 6.92 Å². The van der Waals surface area contributed by atoms with Crippen LogP contribution in [0.1, 0.15) is 47.0 Å². The number of oxime groups is 1. The standard InChI is InChI=1S/C11H25N3O/c1-8(2)5-6-9(3)13-10(4)7-11(12)14-15/h8-10,13,15H,5-7H2,1-4H3,(H2,12,14). The molecule has 0 fully saturated rings. The van der Waals surface area contributed by atoms with Crippen LogP contribution in [-0.2, 0) is 0 Å². The highest BCUT2D eigenvalue weighted by Gasteiger charge is 2.09. The van der Waals surface area contributed by atoms with E-state index in [-0.39, 0.29) is 11.9 Å². The fraction of sp³-hybridized carbons (Fsp3) is 0.909. The van der Waals surface area contributed by atoms with Crippen molar-refractivity contribution in [2.45, 2.75) is 59.0 Å². The van der Waals surface area contributed by atoms with Crippen LogP contribution in [-0.4, -0.2) is 23.1 Å². The van der Waals surface area contributed by atoms with E-state index in [1.165, 1.54) is 6.42 Å². The average Bonchev–Trinajstić information content (AvgIpc) is 2.14. The topological polar surface area (TPSA) is 70.6 Å². The lowest BCUT2D eigenvalue weighted by Crippen LogP contribution is -2.37. The summed E-state index contributed by atoms with van der Waals surface area (Å²) in [7, 11) is 0. The van der Waals surface area contributed by atoms with Crippen LogP contribution in [0.5, 0.6) is 0 Å². The highest BCUT2D eigenvalue weighted by Crippen LogP contribution is 2.07. The smallest absolute Gasteiger partial charge is 0.140 e. The van der Waals surface area contributed by atoms with E-state index < -0.39 is 0 Å². The van der Waals surface area contributed by atoms with Gasteiger partial charge in [-0.2, -0.15) is 0 Å². The van der Waals surface area contributed by atoms with Crippen molar-refractivity contribution in [3.05, 3.63) is 0 Å². The van der Waals surface area contributed by atoms with Crippen LogP contribution in [0, 0.1) is 5.92 Å². The molecular weight excluding hydrogens is 190 g/mol. The van der Waals surface area contributed by atoms with E-state index in [9.17, 15) is 0 Å². The first-order valence-electron chi connectivity index (χ1n) is 5.68. The lowest BCUT2D eigenvalue weighted by Gasteiger charge is -2.20. The summed E-state index contributed by atoms with van der Waals surface area (Å²) in [6, 6.07) is 0.733. The molecule has 0 aromatic carbocycles. The molecule has 0 aromatic heterocycles. The van der Waals surface area contributed by atoms with Crippen molar-refractivity contribution < 1.29 is 5.21 Å². The molecule has 0 radical (unpaired) electrons. The second kappa shape index (κ2) is 7.51. The third-order valence-corrected chi connectivity index (χ3v) is 2.39. The number of nitrogens with two attached hydrogens (primary N) is 1. The van der Waals surface area contributed by atoms with Crippen LogP contribution in [0.25, 0.3) is 0 Å². The second-order valence-corrected chi connectivity index (χ2v) is 4.74. The quantitative estimate of drug-likeness (QED) is 0.263. The number of nitrogens with one attached hydrogen (secondary N) is 1. The Balaban J connectivity index is 3.71. The molecule has 4 heteroatoms. The number of hydrogen-bond acceptors (Lipinski definition) is 3. The van der Waals surface area contributed by atoms with Crippen molar-refractivity contribution >= 4 is 5.84 Å². The molecule has 15 heavy (non-hydrogen) atoms. The molecule has 0 aliphatic carbocycles. The van der Waals surface area contributed by atoms with E-state index in [2.05, 4.69) is 31.2 Å². The maximum atomic E-state index is 8.43. The maximum absolute atomic E-state index is 8.43. The van der Waals surface area contributed by atoms with Crippen LogP contribution in [0.2, 0.25) is 0 Å². The molecule has 0 heterocycles. The predicted molar refractivity (Wildman–Crippen MR) is 64.2 cm³/mol. The van der Waals surface area contributed by atoms with Gasteiger partial charge in [0.05, 0.1) is 0 Å². The zero-order valence-electron chi connectivity index (χ0n) is 10.3. The van der Waals surface area contributed by atoms with Gasteiger partial charge in [0.1, 0.15) is 5.84 Å². The zero-order chi connectivity index (χ0) is 11.8. The van der Waals surface area contributed by atoms with Crippen LogP contribution in [0.4, 0.5) is 0 Å². The van der Waals surface area contributed by atoms with Gasteiger partial charge in [0, 0.05) is 18.5 Å². The lowest BCUT2D eigenvalue weighted by atomic mass is 10.0. The largest absolute Gasteiger partial charge is 0.409 e. The summed E-state index contributed by atoms with van der Waals surface area (Å²) < 4.78 is 0. The van der Waals surface area contributed by atoms with Gasteiger partial charge in [-0.1, -0.05) is 19.0 Å². The summed E-state index contributed by atoms with van der Waals surface area (Å²) in [6.07, 6.45) is 2.98. The minimum absolute atomic E-state index is 0.253. The molecule has 90 valence electrons. The summed E-state index contributed by atoms with van der Waals surface area (Å²) in [5.74, 6) is 1.03. The van der Waals surface area contributed by atoms with Crippen LogP contribution in [0.15, 0.2) is 5.16 Å². The van der Waals surface area contributed by atoms with Gasteiger partial charge in [-0.3, -0.25) is 0 Å². The molecule has 0 spiro atoms. The predicted octanol–water partition coefficient (Wildman–Crippen LogP) is 1.93. The number of amidine groups is 1. The summed E-state index contributed by atoms with van der Waals surface area (Å²) in [6.45, 7) is 8.67. The Morgan fingerprint density at radius 3 is 2.27 bits per heavy atom. The SMILES string of the molecule is CC(C)CCC(C)NC(C)CC(N)=NO. The van der Waals surface area contributed by atoms with Gasteiger partial charge >= 0.3 is 0 Å². The first-order valence-corrected chi connectivity index (χ1v) is 5.68. The highest BCUT2D eigenvalue weighted by atomic mass is 16.4. The summed E-state index contributed by atoms with van der Waals surface area (Å²) in [4.78, 5) is 0. The molecule has 0 aliphatic heterocycles. The van der Waals surface area contributed by atoms with Gasteiger partial charge in [-0.25, -0.2) is 0 Å². The molecule has 2 atom stereocenters. The zero-order valence-corrected chi connectivity index (χ0v) is 10.3. The van der Waals surface area contributed by atoms with Crippen LogP contribution >= 0.6 is 0 Å². The van der Waals surface area contributed by atoms with Gasteiger partial charge < -0.3 is 16.3 Å². The first-order chi connectivity index (χ1) is 6.95. The molecule has 0 saturated carbocycles. The van der Waals surface area contributed by atoms with Crippen LogP contribution in [0.3, 0.4) is 0 Å². The van der Waals surface area contributed by atoms with Gasteiger partial charge in [0.25, 0.3) is 0 Å². The fourth-order valence-corrected chi connectivity index (χ4v) is 1.57. The molecule has 4 nitrogen and oxygen atoms in total. The van der Waals surface area contributed by atoms with Crippen LogP contribution < -0.4 is 11.1 Å². The van der Waals surface area contributed by atoms with Crippen molar-refractivity contribution in [3.8, 4) is 0 Å². The third-order valence-electron chi connectivity index (χ3n) is 2.39. The molecule has 4 N–H and O–H groups in total. The van der Waals surface area contributed by atoms with E-state index in [1.54, 1.807) is 0 Å². The highest BCUT2D eigenvalue weighted by molar-refractivity contribution is 5.80. The monoisotopic (exact) mass is 215 g/mol. The summed E-state index contributed by atoms with van der Waals surface area (Å²) >= 11 is 0. The Labute approximate surface area is 92.9 Å². The number of rotatable bonds is 7. The van der Waals surface area contributed by atoms with E-state index >= 15 is 0 Å². The van der Waals surface area contributed by atoms with Crippen molar-refractivity contribution in [1.82, 2.24) is 5.32 Å². The molecule has 0 amide bonds. The van der Waals surface area contributed by atoms with Gasteiger partial charge in [-0.15, -0.1) is 0 Å². The molecular formula is C11H25N3O. The van der Waals surface area contributed by atoms with Gasteiger partial charge in [0.15, 0.2) is 0 Å². The molecule has 2 unspecified atom stereocenters. The Morgan fingerprint density at radius 1 is 1.20 bits per heavy atom. The van der Waals surface area contributed by atoms with Gasteiger partial charge in [0.2, 0.25) is 0 Å². The van der Waals surface area contributed by atoms with Crippen molar-refractivity contribution in [3.63, 3.8) is 0 Å².